The maximum Gasteiger partial charge on any atom is 0.227 e. The lowest BCUT2D eigenvalue weighted by molar-refractivity contribution is -0.117. The van der Waals surface area contributed by atoms with Gasteiger partial charge in [0.15, 0.2) is 0 Å². The summed E-state index contributed by atoms with van der Waals surface area (Å²) in [5, 5.41) is 9.56. The van der Waals surface area contributed by atoms with Gasteiger partial charge in [-0.1, -0.05) is 30.3 Å². The van der Waals surface area contributed by atoms with E-state index in [1.54, 1.807) is 12.1 Å². The van der Waals surface area contributed by atoms with Crippen molar-refractivity contribution >= 4 is 11.6 Å². The van der Waals surface area contributed by atoms with Crippen molar-refractivity contribution in [3.8, 4) is 5.75 Å². The highest BCUT2D eigenvalue weighted by Gasteiger charge is 2.31. The molecular formula is C24H25N3O2. The molecule has 0 spiro atoms. The first-order valence-corrected chi connectivity index (χ1v) is 9.92. The number of anilines is 1. The second kappa shape index (κ2) is 8.88. The van der Waals surface area contributed by atoms with E-state index in [-0.39, 0.29) is 17.6 Å². The molecule has 0 bridgehead atoms. The Balaban J connectivity index is 1.47. The van der Waals surface area contributed by atoms with Crippen LogP contribution < -0.4 is 4.90 Å². The number of benzene rings is 2. The second-order valence-electron chi connectivity index (χ2n) is 7.60. The predicted octanol–water partition coefficient (Wildman–Crippen LogP) is 3.84. The van der Waals surface area contributed by atoms with E-state index in [9.17, 15) is 9.90 Å². The molecule has 1 aliphatic heterocycles. The fourth-order valence-corrected chi connectivity index (χ4v) is 3.92. The third kappa shape index (κ3) is 5.00. The number of rotatable bonds is 7. The van der Waals surface area contributed by atoms with Crippen molar-refractivity contribution < 1.29 is 9.90 Å². The van der Waals surface area contributed by atoms with Gasteiger partial charge in [0, 0.05) is 50.7 Å². The molecule has 5 nitrogen and oxygen atoms in total. The van der Waals surface area contributed by atoms with Crippen molar-refractivity contribution in [3.63, 3.8) is 0 Å². The average Bonchev–Trinajstić information content (AvgIpc) is 3.11. The molecule has 2 aromatic carbocycles. The number of phenolic OH excluding ortho intramolecular Hbond substituents is 1. The summed E-state index contributed by atoms with van der Waals surface area (Å²) < 4.78 is 0. The van der Waals surface area contributed by atoms with Crippen molar-refractivity contribution in [1.82, 2.24) is 9.88 Å². The number of phenols is 1. The molecular weight excluding hydrogens is 362 g/mol. The van der Waals surface area contributed by atoms with Crippen LogP contribution in [0.3, 0.4) is 0 Å². The zero-order valence-electron chi connectivity index (χ0n) is 16.3. The number of para-hydroxylation sites is 1. The minimum Gasteiger partial charge on any atom is -0.508 e. The van der Waals surface area contributed by atoms with Crippen LogP contribution in [0.25, 0.3) is 0 Å². The van der Waals surface area contributed by atoms with E-state index in [2.05, 4.69) is 9.88 Å². The third-order valence-corrected chi connectivity index (χ3v) is 5.29. The molecule has 1 saturated heterocycles. The summed E-state index contributed by atoms with van der Waals surface area (Å²) >= 11 is 0. The molecule has 0 aliphatic carbocycles. The number of nitrogens with zero attached hydrogens (tertiary/aromatic N) is 3. The van der Waals surface area contributed by atoms with Crippen LogP contribution >= 0.6 is 0 Å². The summed E-state index contributed by atoms with van der Waals surface area (Å²) in [6.07, 6.45) is 4.19. The predicted molar refractivity (Wildman–Crippen MR) is 113 cm³/mol. The van der Waals surface area contributed by atoms with Crippen LogP contribution in [0.5, 0.6) is 5.75 Å². The number of amides is 1. The van der Waals surface area contributed by atoms with Gasteiger partial charge in [-0.2, -0.15) is 0 Å². The molecule has 1 amide bonds. The molecule has 0 saturated carbocycles. The van der Waals surface area contributed by atoms with Crippen LogP contribution in [-0.2, 0) is 17.9 Å². The van der Waals surface area contributed by atoms with Gasteiger partial charge in [-0.3, -0.25) is 14.7 Å². The van der Waals surface area contributed by atoms with Crippen LogP contribution in [0.1, 0.15) is 17.5 Å². The first kappa shape index (κ1) is 19.2. The fraction of sp³-hybridized carbons (Fsp3) is 0.250. The maximum absolute atomic E-state index is 12.6. The number of carbonyl (C=O) groups is 1. The van der Waals surface area contributed by atoms with E-state index in [4.69, 9.17) is 0 Å². The molecule has 1 fully saturated rings. The van der Waals surface area contributed by atoms with E-state index in [1.807, 2.05) is 71.9 Å². The fourth-order valence-electron chi connectivity index (χ4n) is 3.92. The van der Waals surface area contributed by atoms with Crippen LogP contribution in [-0.4, -0.2) is 34.0 Å². The summed E-state index contributed by atoms with van der Waals surface area (Å²) in [6, 6.07) is 21.3. The van der Waals surface area contributed by atoms with Gasteiger partial charge in [-0.05, 0) is 53.4 Å². The van der Waals surface area contributed by atoms with E-state index in [0.29, 0.717) is 6.42 Å². The Morgan fingerprint density at radius 3 is 2.28 bits per heavy atom. The molecule has 2 heterocycles. The second-order valence-corrected chi connectivity index (χ2v) is 7.60. The molecule has 148 valence electrons. The normalized spacial score (nSPS) is 16.5. The molecule has 5 heteroatoms. The number of hydrogen-bond acceptors (Lipinski definition) is 4. The summed E-state index contributed by atoms with van der Waals surface area (Å²) in [5.41, 5.74) is 3.31. The van der Waals surface area contributed by atoms with Gasteiger partial charge in [-0.25, -0.2) is 0 Å². The minimum atomic E-state index is 0.190. The SMILES string of the molecule is O=C1C[C@H](CN(Cc2ccncc2)Cc2ccc(O)cc2)CN1c1ccccc1. The van der Waals surface area contributed by atoms with Gasteiger partial charge in [0.1, 0.15) is 5.75 Å². The van der Waals surface area contributed by atoms with Crippen molar-refractivity contribution in [1.29, 1.82) is 0 Å². The van der Waals surface area contributed by atoms with E-state index >= 15 is 0 Å². The molecule has 29 heavy (non-hydrogen) atoms. The molecule has 1 aliphatic rings. The molecule has 4 rings (SSSR count). The Morgan fingerprint density at radius 1 is 0.931 bits per heavy atom. The largest absolute Gasteiger partial charge is 0.508 e. The number of aromatic nitrogens is 1. The summed E-state index contributed by atoms with van der Waals surface area (Å²) in [7, 11) is 0. The topological polar surface area (TPSA) is 56.7 Å². The van der Waals surface area contributed by atoms with Crippen LogP contribution in [0, 0.1) is 5.92 Å². The highest BCUT2D eigenvalue weighted by atomic mass is 16.3. The number of aromatic hydroxyl groups is 1. The zero-order chi connectivity index (χ0) is 20.1. The number of pyridine rings is 1. The Bertz CT molecular complexity index is 929. The van der Waals surface area contributed by atoms with E-state index < -0.39 is 0 Å². The Morgan fingerprint density at radius 2 is 1.59 bits per heavy atom. The molecule has 0 unspecified atom stereocenters. The Hall–Kier alpha value is -3.18. The first-order chi connectivity index (χ1) is 14.2. The van der Waals surface area contributed by atoms with Gasteiger partial charge in [0.05, 0.1) is 0 Å². The molecule has 1 aromatic heterocycles. The highest BCUT2D eigenvalue weighted by molar-refractivity contribution is 5.95. The Labute approximate surface area is 171 Å². The quantitative estimate of drug-likeness (QED) is 0.669. The van der Waals surface area contributed by atoms with Gasteiger partial charge in [0.2, 0.25) is 5.91 Å². The standard InChI is InChI=1S/C24H25N3O2/c28-23-8-6-19(7-9-23)15-26(16-20-10-12-25-13-11-20)17-21-14-24(29)27(18-21)22-4-2-1-3-5-22/h1-13,21,28H,14-18H2/t21-/m1/s1. The Kier molecular flexibility index (Phi) is 5.86. The van der Waals surface area contributed by atoms with E-state index in [1.165, 1.54) is 5.56 Å². The number of carbonyl (C=O) groups excluding carboxylic acids is 1. The summed E-state index contributed by atoms with van der Waals surface area (Å²) in [4.78, 5) is 21.0. The molecule has 0 radical (unpaired) electrons. The van der Waals surface area contributed by atoms with Gasteiger partial charge in [0.25, 0.3) is 0 Å². The molecule has 1 N–H and O–H groups in total. The lowest BCUT2D eigenvalue weighted by Gasteiger charge is -2.26. The lowest BCUT2D eigenvalue weighted by atomic mass is 10.1. The van der Waals surface area contributed by atoms with Gasteiger partial charge >= 0.3 is 0 Å². The van der Waals surface area contributed by atoms with Crippen LogP contribution in [0.4, 0.5) is 5.69 Å². The van der Waals surface area contributed by atoms with Crippen molar-refractivity contribution in [3.05, 3.63) is 90.3 Å². The minimum absolute atomic E-state index is 0.190. The van der Waals surface area contributed by atoms with Gasteiger partial charge < -0.3 is 10.0 Å². The number of hydrogen-bond donors (Lipinski definition) is 1. The lowest BCUT2D eigenvalue weighted by Crippen LogP contribution is -2.31. The maximum atomic E-state index is 12.6. The van der Waals surface area contributed by atoms with Crippen molar-refractivity contribution in [2.45, 2.75) is 19.5 Å². The van der Waals surface area contributed by atoms with E-state index in [0.717, 1.165) is 37.4 Å². The van der Waals surface area contributed by atoms with Crippen LogP contribution in [0.2, 0.25) is 0 Å². The smallest absolute Gasteiger partial charge is 0.227 e. The summed E-state index contributed by atoms with van der Waals surface area (Å²) in [5.74, 6) is 0.741. The van der Waals surface area contributed by atoms with Crippen LogP contribution in [0.15, 0.2) is 79.1 Å². The van der Waals surface area contributed by atoms with Gasteiger partial charge in [-0.15, -0.1) is 0 Å². The average molecular weight is 387 g/mol. The highest BCUT2D eigenvalue weighted by Crippen LogP contribution is 2.26. The third-order valence-electron chi connectivity index (χ3n) is 5.29. The first-order valence-electron chi connectivity index (χ1n) is 9.92. The zero-order valence-corrected chi connectivity index (χ0v) is 16.3. The molecule has 3 aromatic rings. The van der Waals surface area contributed by atoms with Crippen molar-refractivity contribution in [2.75, 3.05) is 18.0 Å². The monoisotopic (exact) mass is 387 g/mol. The molecule has 1 atom stereocenters. The summed E-state index contributed by atoms with van der Waals surface area (Å²) in [6.45, 7) is 3.13. The van der Waals surface area contributed by atoms with Crippen molar-refractivity contribution in [2.24, 2.45) is 5.92 Å².